The largest absolute Gasteiger partial charge is 0.396 e. The number of halogens is 1. The summed E-state index contributed by atoms with van der Waals surface area (Å²) >= 11 is 5.86. The van der Waals surface area contributed by atoms with E-state index in [4.69, 9.17) is 25.8 Å². The minimum Gasteiger partial charge on any atom is -0.396 e. The lowest BCUT2D eigenvalue weighted by Gasteiger charge is -2.35. The summed E-state index contributed by atoms with van der Waals surface area (Å²) in [6.45, 7) is -0.430. The molecule has 1 fully saturated rings. The van der Waals surface area contributed by atoms with Crippen molar-refractivity contribution < 1.29 is 45.3 Å². The number of ether oxygens (including phenoxy) is 3. The van der Waals surface area contributed by atoms with Gasteiger partial charge in [0.05, 0.1) is 36.7 Å². The molecule has 0 aromatic heterocycles. The lowest BCUT2D eigenvalue weighted by Crippen LogP contribution is -2.46. The van der Waals surface area contributed by atoms with Crippen LogP contribution < -0.4 is 0 Å². The molecule has 1 aromatic carbocycles. The fourth-order valence-electron chi connectivity index (χ4n) is 3.50. The molecule has 2 rings (SSSR count). The normalized spacial score (nSPS) is 24.2. The van der Waals surface area contributed by atoms with Crippen LogP contribution in [0.5, 0.6) is 0 Å². The van der Waals surface area contributed by atoms with Gasteiger partial charge in [0.2, 0.25) is 0 Å². The maximum absolute atomic E-state index is 11.3. The summed E-state index contributed by atoms with van der Waals surface area (Å²) in [5.41, 5.74) is -0.845. The topological polar surface area (TPSA) is 157 Å². The zero-order valence-corrected chi connectivity index (χ0v) is 18.6. The molecule has 13 heteroatoms. The Morgan fingerprint density at radius 3 is 2.03 bits per heavy atom. The fraction of sp³-hybridized carbons (Fsp3) is 0.647. The number of rotatable bonds is 11. The van der Waals surface area contributed by atoms with Gasteiger partial charge in [-0.1, -0.05) is 23.7 Å². The van der Waals surface area contributed by atoms with E-state index in [-0.39, 0.29) is 19.4 Å². The molecule has 3 atom stereocenters. The summed E-state index contributed by atoms with van der Waals surface area (Å²) in [7, 11) is -7.51. The summed E-state index contributed by atoms with van der Waals surface area (Å²) in [6.07, 6.45) is -2.70. The van der Waals surface area contributed by atoms with Gasteiger partial charge in [0.25, 0.3) is 20.2 Å². The van der Waals surface area contributed by atoms with Gasteiger partial charge in [-0.05, 0) is 30.5 Å². The third kappa shape index (κ3) is 7.11. The second kappa shape index (κ2) is 10.2. The van der Waals surface area contributed by atoms with Crippen LogP contribution in [0.4, 0.5) is 0 Å². The number of aliphatic hydroxyl groups is 1. The predicted octanol–water partition coefficient (Wildman–Crippen LogP) is 1.13. The molecular formula is C17H25ClO10S2. The minimum absolute atomic E-state index is 0.0254. The Bertz CT molecular complexity index is 865. The van der Waals surface area contributed by atoms with E-state index < -0.39 is 62.3 Å². The third-order valence-electron chi connectivity index (χ3n) is 4.96. The molecule has 1 saturated heterocycles. The smallest absolute Gasteiger partial charge is 0.264 e. The Labute approximate surface area is 180 Å². The van der Waals surface area contributed by atoms with Gasteiger partial charge < -0.3 is 19.3 Å². The quantitative estimate of drug-likeness (QED) is 0.385. The van der Waals surface area contributed by atoms with Crippen molar-refractivity contribution >= 4 is 31.8 Å². The number of hydrogen-bond donors (Lipinski definition) is 3. The molecule has 0 bridgehead atoms. The molecule has 1 aliphatic rings. The number of methoxy groups -OCH3 is 1. The third-order valence-corrected chi connectivity index (χ3v) is 6.65. The molecule has 0 amide bonds. The molecule has 1 aliphatic heterocycles. The SMILES string of the molecule is CO[C@H]1OC(CCS(=O)(=O)O)(CCS(=O)(=O)O)[C@@H](OCc2ccc(Cl)cc2)[C@H]1CO. The van der Waals surface area contributed by atoms with Crippen LogP contribution >= 0.6 is 11.6 Å². The van der Waals surface area contributed by atoms with Crippen LogP contribution in [0, 0.1) is 5.92 Å². The average molecular weight is 489 g/mol. The number of hydrogen-bond acceptors (Lipinski definition) is 8. The Morgan fingerprint density at radius 1 is 1.07 bits per heavy atom. The zero-order valence-electron chi connectivity index (χ0n) is 16.2. The van der Waals surface area contributed by atoms with E-state index in [0.29, 0.717) is 5.02 Å². The maximum atomic E-state index is 11.3. The molecule has 3 N–H and O–H groups in total. The monoisotopic (exact) mass is 488 g/mol. The van der Waals surface area contributed by atoms with Gasteiger partial charge in [0.1, 0.15) is 5.60 Å². The molecule has 1 aromatic rings. The van der Waals surface area contributed by atoms with Gasteiger partial charge in [-0.2, -0.15) is 16.8 Å². The Balaban J connectivity index is 2.36. The van der Waals surface area contributed by atoms with E-state index >= 15 is 0 Å². The van der Waals surface area contributed by atoms with Crippen LogP contribution in [-0.4, -0.2) is 74.3 Å². The van der Waals surface area contributed by atoms with Crippen LogP contribution in [0.2, 0.25) is 5.02 Å². The molecule has 0 spiro atoms. The second-order valence-electron chi connectivity index (χ2n) is 7.06. The number of aliphatic hydroxyl groups excluding tert-OH is 1. The van der Waals surface area contributed by atoms with Crippen molar-refractivity contribution in [1.29, 1.82) is 0 Å². The first kappa shape index (κ1) is 25.4. The maximum Gasteiger partial charge on any atom is 0.264 e. The van der Waals surface area contributed by atoms with Gasteiger partial charge in [-0.3, -0.25) is 9.11 Å². The average Bonchev–Trinajstić information content (AvgIpc) is 2.96. The summed E-state index contributed by atoms with van der Waals surface area (Å²) in [4.78, 5) is 0. The van der Waals surface area contributed by atoms with Crippen molar-refractivity contribution in [1.82, 2.24) is 0 Å². The molecule has 0 aliphatic carbocycles. The van der Waals surface area contributed by atoms with E-state index in [2.05, 4.69) is 0 Å². The van der Waals surface area contributed by atoms with Crippen molar-refractivity contribution in [3.8, 4) is 0 Å². The Hall–Kier alpha value is -0.830. The molecule has 172 valence electrons. The predicted molar refractivity (Wildman–Crippen MR) is 107 cm³/mol. The molecule has 0 saturated carbocycles. The first-order chi connectivity index (χ1) is 13.9. The van der Waals surface area contributed by atoms with Crippen molar-refractivity contribution in [2.75, 3.05) is 25.2 Å². The highest BCUT2D eigenvalue weighted by Crippen LogP contribution is 2.43. The van der Waals surface area contributed by atoms with E-state index in [1.54, 1.807) is 24.3 Å². The molecule has 0 radical (unpaired) electrons. The lowest BCUT2D eigenvalue weighted by molar-refractivity contribution is -0.177. The fourth-order valence-corrected chi connectivity index (χ4v) is 4.83. The summed E-state index contributed by atoms with van der Waals surface area (Å²) in [5.74, 6) is -2.26. The molecule has 1 heterocycles. The summed E-state index contributed by atoms with van der Waals surface area (Å²) < 4.78 is 80.8. The van der Waals surface area contributed by atoms with Crippen molar-refractivity contribution in [3.05, 3.63) is 34.9 Å². The highest BCUT2D eigenvalue weighted by molar-refractivity contribution is 7.86. The van der Waals surface area contributed by atoms with Crippen LogP contribution in [-0.2, 0) is 41.1 Å². The first-order valence-corrected chi connectivity index (χ1v) is 12.6. The van der Waals surface area contributed by atoms with E-state index in [0.717, 1.165) is 5.56 Å². The Morgan fingerprint density at radius 2 is 1.60 bits per heavy atom. The lowest BCUT2D eigenvalue weighted by atomic mass is 9.85. The minimum atomic E-state index is -4.41. The highest BCUT2D eigenvalue weighted by Gasteiger charge is 2.56. The van der Waals surface area contributed by atoms with Crippen LogP contribution in [0.15, 0.2) is 24.3 Å². The van der Waals surface area contributed by atoms with E-state index in [1.165, 1.54) is 7.11 Å². The van der Waals surface area contributed by atoms with Crippen molar-refractivity contribution in [2.45, 2.75) is 37.4 Å². The van der Waals surface area contributed by atoms with Crippen LogP contribution in [0.25, 0.3) is 0 Å². The molecular weight excluding hydrogens is 464 g/mol. The highest BCUT2D eigenvalue weighted by atomic mass is 35.5. The molecule has 0 unspecified atom stereocenters. The summed E-state index contributed by atoms with van der Waals surface area (Å²) in [5, 5.41) is 10.4. The van der Waals surface area contributed by atoms with Crippen LogP contribution in [0.3, 0.4) is 0 Å². The van der Waals surface area contributed by atoms with Crippen molar-refractivity contribution in [2.24, 2.45) is 5.92 Å². The van der Waals surface area contributed by atoms with E-state index in [9.17, 15) is 31.0 Å². The van der Waals surface area contributed by atoms with Gasteiger partial charge in [0.15, 0.2) is 6.29 Å². The second-order valence-corrected chi connectivity index (χ2v) is 10.6. The van der Waals surface area contributed by atoms with E-state index in [1.807, 2.05) is 0 Å². The summed E-state index contributed by atoms with van der Waals surface area (Å²) in [6, 6.07) is 6.71. The first-order valence-electron chi connectivity index (χ1n) is 8.97. The molecule has 10 nitrogen and oxygen atoms in total. The van der Waals surface area contributed by atoms with Gasteiger partial charge >= 0.3 is 0 Å². The van der Waals surface area contributed by atoms with Crippen LogP contribution in [0.1, 0.15) is 18.4 Å². The van der Waals surface area contributed by atoms with Gasteiger partial charge in [-0.15, -0.1) is 0 Å². The van der Waals surface area contributed by atoms with Gasteiger partial charge in [-0.25, -0.2) is 0 Å². The Kier molecular flexibility index (Phi) is 8.64. The molecule has 30 heavy (non-hydrogen) atoms. The number of benzene rings is 1. The zero-order chi connectivity index (χ0) is 22.6. The standard InChI is InChI=1S/C17H25ClO10S2/c1-26-16-14(10-19)15(27-11-12-2-4-13(18)5-3-12)17(28-16,6-8-29(20,21)22)7-9-30(23,24)25/h2-5,14-16,19H,6-11H2,1H3,(H,20,21,22)(H,23,24,25)/t14-,15+,16+/m1/s1. The van der Waals surface area contributed by atoms with Crippen molar-refractivity contribution in [3.63, 3.8) is 0 Å². The van der Waals surface area contributed by atoms with Gasteiger partial charge in [0, 0.05) is 12.1 Å².